The first-order valence-electron chi connectivity index (χ1n) is 6.37. The summed E-state index contributed by atoms with van der Waals surface area (Å²) in [6.07, 6.45) is -0.628. The zero-order valence-corrected chi connectivity index (χ0v) is 11.0. The Morgan fingerprint density at radius 2 is 1.67 bits per heavy atom. The van der Waals surface area contributed by atoms with Crippen molar-refractivity contribution >= 4 is 12.0 Å². The number of amides is 1. The number of hydrogen-bond acceptors (Lipinski definition) is 4. The average molecular weight is 280 g/mol. The van der Waals surface area contributed by atoms with Crippen molar-refractivity contribution in [2.45, 2.75) is 0 Å². The second kappa shape index (κ2) is 5.92. The molecule has 0 aliphatic carbocycles. The van der Waals surface area contributed by atoms with Gasteiger partial charge in [-0.1, -0.05) is 53.7 Å². The molecule has 104 valence electrons. The van der Waals surface area contributed by atoms with Crippen molar-refractivity contribution in [2.75, 3.05) is 5.32 Å². The third kappa shape index (κ3) is 3.27. The lowest BCUT2D eigenvalue weighted by atomic mass is 10.2. The highest BCUT2D eigenvalue weighted by Crippen LogP contribution is 2.21. The predicted octanol–water partition coefficient (Wildman–Crippen LogP) is 3.95. The molecule has 0 aliphatic rings. The fraction of sp³-hybridized carbons (Fsp3) is 0. The maximum atomic E-state index is 11.7. The van der Waals surface area contributed by atoms with Gasteiger partial charge in [-0.05, 0) is 12.1 Å². The van der Waals surface area contributed by atoms with Gasteiger partial charge in [0, 0.05) is 11.6 Å². The van der Waals surface area contributed by atoms with Gasteiger partial charge in [0.1, 0.15) is 11.4 Å². The van der Waals surface area contributed by atoms with Crippen LogP contribution in [0.25, 0.3) is 11.3 Å². The highest BCUT2D eigenvalue weighted by molar-refractivity contribution is 5.85. The Bertz CT molecular complexity index is 724. The molecule has 3 aromatic rings. The number of rotatable bonds is 3. The molecule has 1 N–H and O–H groups in total. The Hall–Kier alpha value is -3.08. The topological polar surface area (TPSA) is 64.4 Å². The van der Waals surface area contributed by atoms with E-state index in [1.54, 1.807) is 30.3 Å². The first kappa shape index (κ1) is 12.9. The largest absolute Gasteiger partial charge is 0.419 e. The molecule has 0 fully saturated rings. The van der Waals surface area contributed by atoms with Crippen molar-refractivity contribution in [1.29, 1.82) is 0 Å². The van der Waals surface area contributed by atoms with Gasteiger partial charge in [-0.2, -0.15) is 0 Å². The lowest BCUT2D eigenvalue weighted by molar-refractivity contribution is 0.214. The van der Waals surface area contributed by atoms with E-state index in [4.69, 9.17) is 9.26 Å². The summed E-state index contributed by atoms with van der Waals surface area (Å²) in [6, 6.07) is 20.0. The van der Waals surface area contributed by atoms with Crippen LogP contribution >= 0.6 is 0 Å². The van der Waals surface area contributed by atoms with Crippen LogP contribution in [0.2, 0.25) is 0 Å². The molecule has 0 atom stereocenters. The number of anilines is 1. The summed E-state index contributed by atoms with van der Waals surface area (Å²) in [5.74, 6) is 0.688. The summed E-state index contributed by atoms with van der Waals surface area (Å²) >= 11 is 0. The van der Waals surface area contributed by atoms with Crippen LogP contribution in [0.15, 0.2) is 71.3 Å². The van der Waals surface area contributed by atoms with Gasteiger partial charge in [-0.15, -0.1) is 0 Å². The van der Waals surface area contributed by atoms with E-state index in [0.717, 1.165) is 5.56 Å². The number of nitrogens with one attached hydrogen (secondary N) is 1. The Kier molecular flexibility index (Phi) is 3.64. The lowest BCUT2D eigenvalue weighted by Gasteiger charge is -2.02. The summed E-state index contributed by atoms with van der Waals surface area (Å²) in [4.78, 5) is 11.7. The van der Waals surface area contributed by atoms with Crippen LogP contribution in [0.5, 0.6) is 5.75 Å². The molecule has 2 aromatic carbocycles. The smallest absolute Gasteiger partial charge is 0.410 e. The van der Waals surface area contributed by atoms with Crippen molar-refractivity contribution in [2.24, 2.45) is 0 Å². The molecule has 0 saturated carbocycles. The molecule has 3 rings (SSSR count). The molecule has 21 heavy (non-hydrogen) atoms. The van der Waals surface area contributed by atoms with Crippen molar-refractivity contribution < 1.29 is 14.1 Å². The molecule has 5 nitrogen and oxygen atoms in total. The van der Waals surface area contributed by atoms with Crippen LogP contribution < -0.4 is 10.1 Å². The molecule has 0 spiro atoms. The molecule has 1 aromatic heterocycles. The number of carbonyl (C=O) groups is 1. The van der Waals surface area contributed by atoms with Crippen LogP contribution in [0.1, 0.15) is 0 Å². The van der Waals surface area contributed by atoms with Crippen LogP contribution in [0.3, 0.4) is 0 Å². The zero-order valence-electron chi connectivity index (χ0n) is 11.0. The molecule has 5 heteroatoms. The van der Waals surface area contributed by atoms with Gasteiger partial charge in [0.2, 0.25) is 5.88 Å². The van der Waals surface area contributed by atoms with Gasteiger partial charge < -0.3 is 9.26 Å². The minimum atomic E-state index is -0.628. The second-order valence-corrected chi connectivity index (χ2v) is 4.27. The van der Waals surface area contributed by atoms with Gasteiger partial charge in [0.05, 0.1) is 0 Å². The minimum absolute atomic E-state index is 0.231. The van der Waals surface area contributed by atoms with Crippen molar-refractivity contribution in [1.82, 2.24) is 5.16 Å². The van der Waals surface area contributed by atoms with Crippen LogP contribution in [-0.4, -0.2) is 11.2 Å². The summed E-state index contributed by atoms with van der Waals surface area (Å²) in [5, 5.41) is 6.39. The van der Waals surface area contributed by atoms with Gasteiger partial charge in [-0.25, -0.2) is 4.79 Å². The van der Waals surface area contributed by atoms with Crippen molar-refractivity contribution in [3.05, 3.63) is 66.7 Å². The van der Waals surface area contributed by atoms with Crippen LogP contribution in [0.4, 0.5) is 10.7 Å². The quantitative estimate of drug-likeness (QED) is 0.788. The molecule has 0 unspecified atom stereocenters. The monoisotopic (exact) mass is 280 g/mol. The average Bonchev–Trinajstić information content (AvgIpc) is 2.97. The van der Waals surface area contributed by atoms with Crippen molar-refractivity contribution in [3.8, 4) is 17.0 Å². The molecular formula is C16H12N2O3. The third-order valence-electron chi connectivity index (χ3n) is 2.76. The summed E-state index contributed by atoms with van der Waals surface area (Å²) in [6.45, 7) is 0. The summed E-state index contributed by atoms with van der Waals surface area (Å²) < 4.78 is 10.2. The standard InChI is InChI=1S/C16H12N2O3/c19-16(20-13-9-5-2-6-10-13)17-15-11-14(18-21-15)12-7-3-1-4-8-12/h1-11H,(H,17,19). The second-order valence-electron chi connectivity index (χ2n) is 4.27. The Morgan fingerprint density at radius 1 is 1.00 bits per heavy atom. The number of ether oxygens (including phenoxy) is 1. The normalized spacial score (nSPS) is 10.1. The maximum Gasteiger partial charge on any atom is 0.419 e. The Morgan fingerprint density at radius 3 is 2.38 bits per heavy atom. The summed E-state index contributed by atoms with van der Waals surface area (Å²) in [5.41, 5.74) is 1.55. The molecule has 1 amide bonds. The van der Waals surface area contributed by atoms with Crippen LogP contribution in [-0.2, 0) is 0 Å². The Balaban J connectivity index is 1.66. The zero-order chi connectivity index (χ0) is 14.5. The van der Waals surface area contributed by atoms with Crippen molar-refractivity contribution in [3.63, 3.8) is 0 Å². The molecule has 0 aliphatic heterocycles. The third-order valence-corrected chi connectivity index (χ3v) is 2.76. The number of carbonyl (C=O) groups excluding carboxylic acids is 1. The van der Waals surface area contributed by atoms with E-state index < -0.39 is 6.09 Å². The maximum absolute atomic E-state index is 11.7. The van der Waals surface area contributed by atoms with E-state index in [-0.39, 0.29) is 5.88 Å². The molecule has 1 heterocycles. The number of aromatic nitrogens is 1. The van der Waals surface area contributed by atoms with E-state index >= 15 is 0 Å². The SMILES string of the molecule is O=C(Nc1cc(-c2ccccc2)no1)Oc1ccccc1. The number of nitrogens with zero attached hydrogens (tertiary/aromatic N) is 1. The molecular weight excluding hydrogens is 268 g/mol. The van der Waals surface area contributed by atoms with Gasteiger partial charge in [-0.3, -0.25) is 5.32 Å². The Labute approximate surface area is 121 Å². The van der Waals surface area contributed by atoms with Gasteiger partial charge >= 0.3 is 6.09 Å². The number of para-hydroxylation sites is 1. The van der Waals surface area contributed by atoms with Gasteiger partial charge in [0.25, 0.3) is 0 Å². The summed E-state index contributed by atoms with van der Waals surface area (Å²) in [7, 11) is 0. The number of hydrogen-bond donors (Lipinski definition) is 1. The van der Waals surface area contributed by atoms with E-state index in [9.17, 15) is 4.79 Å². The molecule has 0 saturated heterocycles. The minimum Gasteiger partial charge on any atom is -0.410 e. The van der Waals surface area contributed by atoms with E-state index in [1.807, 2.05) is 36.4 Å². The van der Waals surface area contributed by atoms with Gasteiger partial charge in [0.15, 0.2) is 0 Å². The number of benzene rings is 2. The van der Waals surface area contributed by atoms with E-state index in [2.05, 4.69) is 10.5 Å². The first-order chi connectivity index (χ1) is 10.3. The fourth-order valence-electron chi connectivity index (χ4n) is 1.80. The van der Waals surface area contributed by atoms with E-state index in [1.165, 1.54) is 0 Å². The highest BCUT2D eigenvalue weighted by atomic mass is 16.6. The molecule has 0 radical (unpaired) electrons. The fourth-order valence-corrected chi connectivity index (χ4v) is 1.80. The van der Waals surface area contributed by atoms with Crippen LogP contribution in [0, 0.1) is 0 Å². The predicted molar refractivity (Wildman–Crippen MR) is 78.0 cm³/mol. The highest BCUT2D eigenvalue weighted by Gasteiger charge is 2.10. The first-order valence-corrected chi connectivity index (χ1v) is 6.37. The van der Waals surface area contributed by atoms with E-state index in [0.29, 0.717) is 11.4 Å². The lowest BCUT2D eigenvalue weighted by Crippen LogP contribution is -2.16. The molecule has 0 bridgehead atoms.